The van der Waals surface area contributed by atoms with Crippen LogP contribution in [0.15, 0.2) is 35.1 Å². The number of carbonyl (C=O) groups excluding carboxylic acids is 2. The normalized spacial score (nSPS) is 31.0. The number of ether oxygens (including phenoxy) is 3. The first-order valence-corrected chi connectivity index (χ1v) is 17.3. The molecule has 2 aliphatic rings. The summed E-state index contributed by atoms with van der Waals surface area (Å²) in [6.45, 7) is 17.9. The largest absolute Gasteiger partial charge is 0.483 e. The second-order valence-corrected chi connectivity index (χ2v) is 13.9. The number of esters is 1. The molecule has 8 atom stereocenters. The van der Waals surface area contributed by atoms with Crippen molar-refractivity contribution < 1.29 is 44.2 Å². The van der Waals surface area contributed by atoms with E-state index in [4.69, 9.17) is 14.2 Å². The van der Waals surface area contributed by atoms with Crippen LogP contribution in [0.3, 0.4) is 0 Å². The van der Waals surface area contributed by atoms with Crippen LogP contribution in [0.1, 0.15) is 100 Å². The van der Waals surface area contributed by atoms with Crippen molar-refractivity contribution in [1.29, 1.82) is 0 Å². The molecular weight excluding hydrogens is 604 g/mol. The van der Waals surface area contributed by atoms with E-state index in [2.05, 4.69) is 18.7 Å². The van der Waals surface area contributed by atoms with Crippen LogP contribution in [-0.2, 0) is 19.0 Å². The summed E-state index contributed by atoms with van der Waals surface area (Å²) in [6.07, 6.45) is 3.31. The summed E-state index contributed by atoms with van der Waals surface area (Å²) in [7, 11) is 1.66. The van der Waals surface area contributed by atoms with E-state index in [0.29, 0.717) is 38.8 Å². The molecule has 11 heteroatoms. The molecule has 0 spiro atoms. The molecule has 11 nitrogen and oxygen atoms in total. The van der Waals surface area contributed by atoms with Crippen molar-refractivity contribution in [2.24, 2.45) is 5.92 Å². The molecule has 0 aromatic heterocycles. The Kier molecular flexibility index (Phi) is 15.9. The quantitative estimate of drug-likeness (QED) is 0.119. The lowest BCUT2D eigenvalue weighted by Gasteiger charge is -2.34. The molecule has 0 aromatic rings. The number of carbonyl (C=O) groups is 2. The fourth-order valence-electron chi connectivity index (χ4n) is 5.87. The summed E-state index contributed by atoms with van der Waals surface area (Å²) in [6, 6.07) is 0. The van der Waals surface area contributed by atoms with Crippen LogP contribution in [-0.4, -0.2) is 117 Å². The average Bonchev–Trinajstić information content (AvgIpc) is 3.77. The minimum absolute atomic E-state index is 0.103. The maximum atomic E-state index is 13.1. The lowest BCUT2D eigenvalue weighted by Crippen LogP contribution is -2.45. The van der Waals surface area contributed by atoms with Crippen LogP contribution < -0.4 is 0 Å². The van der Waals surface area contributed by atoms with Crippen LogP contribution in [0.5, 0.6) is 0 Å². The molecule has 2 heterocycles. The molecule has 0 bridgehead atoms. The first kappa shape index (κ1) is 40.7. The van der Waals surface area contributed by atoms with Crippen molar-refractivity contribution in [2.45, 2.75) is 142 Å². The molecule has 1 saturated heterocycles. The molecule has 1 fully saturated rings. The number of cyclic esters (lactones) is 1. The van der Waals surface area contributed by atoms with Gasteiger partial charge in [-0.2, -0.15) is 0 Å². The molecule has 0 radical (unpaired) electrons. The number of amides is 1. The monoisotopic (exact) mass is 666 g/mol. The van der Waals surface area contributed by atoms with Gasteiger partial charge in [0.25, 0.3) is 0 Å². The molecule has 2 aliphatic heterocycles. The predicted molar refractivity (Wildman–Crippen MR) is 181 cm³/mol. The van der Waals surface area contributed by atoms with Gasteiger partial charge in [0.1, 0.15) is 17.5 Å². The highest BCUT2D eigenvalue weighted by atomic mass is 16.6. The second kappa shape index (κ2) is 18.4. The van der Waals surface area contributed by atoms with E-state index in [1.807, 2.05) is 33.8 Å². The number of aliphatic hydroxyl groups is 4. The molecule has 8 unspecified atom stereocenters. The number of rotatable bonds is 14. The molecule has 47 heavy (non-hydrogen) atoms. The third-order valence-electron chi connectivity index (χ3n) is 9.51. The molecule has 0 saturated carbocycles. The number of likely N-dealkylation sites (N-methyl/N-ethyl adjacent to an activating group) is 2. The van der Waals surface area contributed by atoms with E-state index < -0.39 is 47.7 Å². The summed E-state index contributed by atoms with van der Waals surface area (Å²) in [5, 5.41) is 43.1. The van der Waals surface area contributed by atoms with Crippen LogP contribution in [0.2, 0.25) is 0 Å². The first-order chi connectivity index (χ1) is 21.9. The third kappa shape index (κ3) is 13.2. The molecule has 2 rings (SSSR count). The number of hydrogen-bond donors (Lipinski definition) is 4. The van der Waals surface area contributed by atoms with Gasteiger partial charge in [-0.3, -0.25) is 4.79 Å². The van der Waals surface area contributed by atoms with E-state index in [-0.39, 0.29) is 31.3 Å². The van der Waals surface area contributed by atoms with Crippen LogP contribution in [0.25, 0.3) is 0 Å². The Morgan fingerprint density at radius 3 is 2.47 bits per heavy atom. The van der Waals surface area contributed by atoms with Crippen molar-refractivity contribution in [1.82, 2.24) is 9.80 Å². The average molecular weight is 667 g/mol. The summed E-state index contributed by atoms with van der Waals surface area (Å²) in [5.41, 5.74) is -0.920. The summed E-state index contributed by atoms with van der Waals surface area (Å²) in [4.78, 5) is 29.6. The van der Waals surface area contributed by atoms with Gasteiger partial charge in [-0.25, -0.2) is 4.79 Å². The van der Waals surface area contributed by atoms with Gasteiger partial charge in [0.05, 0.1) is 24.2 Å². The van der Waals surface area contributed by atoms with Crippen molar-refractivity contribution in [3.63, 3.8) is 0 Å². The van der Waals surface area contributed by atoms with Gasteiger partial charge in [0.15, 0.2) is 12.2 Å². The Labute approximate surface area is 282 Å². The van der Waals surface area contributed by atoms with Gasteiger partial charge in [-0.15, -0.1) is 0 Å². The highest BCUT2D eigenvalue weighted by Gasteiger charge is 2.41. The standard InChI is InChI=1S/C36H62N2O9/c1-10-28(40)26(6)33-29(45-33)23-35(7,43)18-13-14-24(4)32-25(5)15-16-30(36(8,44)19-17-27(39)22-31(41)47-32)46-34(42)37(9)20-21-38(11-2)12-3/h14-16,25,27-30,32,39-40,43-44H,10-13,17-23H2,1-9H3/b16-15+,24-14+,33-26?. The van der Waals surface area contributed by atoms with E-state index in [0.717, 1.165) is 30.0 Å². The molecular formula is C36H62N2O9. The smallest absolute Gasteiger partial charge is 0.410 e. The number of aliphatic hydroxyl groups excluding tert-OH is 2. The zero-order valence-electron chi connectivity index (χ0n) is 30.2. The van der Waals surface area contributed by atoms with Gasteiger partial charge < -0.3 is 44.4 Å². The van der Waals surface area contributed by atoms with Gasteiger partial charge in [0, 0.05) is 32.5 Å². The summed E-state index contributed by atoms with van der Waals surface area (Å²) < 4.78 is 17.3. The minimum Gasteiger partial charge on any atom is -0.483 e. The Bertz CT molecular complexity index is 1110. The number of hydrogen-bond acceptors (Lipinski definition) is 10. The summed E-state index contributed by atoms with van der Waals surface area (Å²) in [5.74, 6) is -0.149. The Morgan fingerprint density at radius 1 is 1.19 bits per heavy atom. The molecule has 4 N–H and O–H groups in total. The number of epoxide rings is 1. The van der Waals surface area contributed by atoms with Crippen LogP contribution in [0.4, 0.5) is 4.79 Å². The predicted octanol–water partition coefficient (Wildman–Crippen LogP) is 4.48. The summed E-state index contributed by atoms with van der Waals surface area (Å²) >= 11 is 0. The van der Waals surface area contributed by atoms with E-state index >= 15 is 0 Å². The van der Waals surface area contributed by atoms with Crippen molar-refractivity contribution in [3.8, 4) is 0 Å². The van der Waals surface area contributed by atoms with Gasteiger partial charge in [-0.05, 0) is 90.1 Å². The van der Waals surface area contributed by atoms with Gasteiger partial charge in [-0.1, -0.05) is 39.8 Å². The van der Waals surface area contributed by atoms with E-state index in [1.54, 1.807) is 33.0 Å². The van der Waals surface area contributed by atoms with Gasteiger partial charge in [0.2, 0.25) is 0 Å². The Balaban J connectivity index is 2.18. The number of allylic oxidation sites excluding steroid dienone is 1. The topological polar surface area (TPSA) is 153 Å². The lowest BCUT2D eigenvalue weighted by atomic mass is 9.88. The maximum Gasteiger partial charge on any atom is 0.410 e. The van der Waals surface area contributed by atoms with Crippen molar-refractivity contribution >= 4 is 12.1 Å². The second-order valence-electron chi connectivity index (χ2n) is 13.9. The molecule has 270 valence electrons. The Hall–Kier alpha value is -2.44. The highest BCUT2D eigenvalue weighted by molar-refractivity contribution is 5.70. The minimum atomic E-state index is -1.49. The maximum absolute atomic E-state index is 13.1. The zero-order valence-corrected chi connectivity index (χ0v) is 30.2. The van der Waals surface area contributed by atoms with Crippen molar-refractivity contribution in [2.75, 3.05) is 33.2 Å². The molecule has 0 aliphatic carbocycles. The van der Waals surface area contributed by atoms with E-state index in [1.165, 1.54) is 4.90 Å². The van der Waals surface area contributed by atoms with E-state index in [9.17, 15) is 30.0 Å². The SMILES string of the molecule is CCC(O)C(C)=C1OC1CC(C)(O)CC/C=C(\C)C1OC(=O)CC(O)CCC(C)(O)C(OC(=O)N(C)CCN(CC)CC)/C=C/C1C. The highest BCUT2D eigenvalue weighted by Crippen LogP contribution is 2.39. The van der Waals surface area contributed by atoms with Crippen LogP contribution in [0, 0.1) is 5.92 Å². The van der Waals surface area contributed by atoms with Gasteiger partial charge >= 0.3 is 12.1 Å². The first-order valence-electron chi connectivity index (χ1n) is 17.3. The lowest BCUT2D eigenvalue weighted by molar-refractivity contribution is -0.151. The third-order valence-corrected chi connectivity index (χ3v) is 9.51. The molecule has 0 aromatic carbocycles. The Morgan fingerprint density at radius 2 is 1.85 bits per heavy atom. The fourth-order valence-corrected chi connectivity index (χ4v) is 5.87. The number of nitrogens with zero attached hydrogens (tertiary/aromatic N) is 2. The fraction of sp³-hybridized carbons (Fsp3) is 0.778. The molecule has 1 amide bonds. The van der Waals surface area contributed by atoms with Crippen LogP contribution >= 0.6 is 0 Å². The zero-order chi connectivity index (χ0) is 35.5. The van der Waals surface area contributed by atoms with Crippen molar-refractivity contribution in [3.05, 3.63) is 35.1 Å².